The number of nitriles is 1. The molecule has 120 valence electrons. The van der Waals surface area contributed by atoms with Crippen molar-refractivity contribution >= 4 is 33.6 Å². The standard InChI is InChI=1S/C19H15BrN2OS/c20-15-8-6-14(7-9-15)16-10-18(23)22-19(17(16)11-21)24-12-13-4-2-1-3-5-13/h1-9,16H,10,12H2,(H,22,23)/t16-/m1/s1. The van der Waals surface area contributed by atoms with Gasteiger partial charge >= 0.3 is 0 Å². The second-order valence-corrected chi connectivity index (χ2v) is 7.39. The fourth-order valence-corrected chi connectivity index (χ4v) is 3.94. The average Bonchev–Trinajstić information content (AvgIpc) is 2.61. The summed E-state index contributed by atoms with van der Waals surface area (Å²) in [4.78, 5) is 12.1. The van der Waals surface area contributed by atoms with Crippen LogP contribution in [-0.2, 0) is 10.5 Å². The van der Waals surface area contributed by atoms with Crippen molar-refractivity contribution in [3.63, 3.8) is 0 Å². The van der Waals surface area contributed by atoms with Gasteiger partial charge in [0.2, 0.25) is 5.91 Å². The smallest absolute Gasteiger partial charge is 0.225 e. The molecule has 0 unspecified atom stereocenters. The second-order valence-electron chi connectivity index (χ2n) is 5.49. The van der Waals surface area contributed by atoms with Gasteiger partial charge in [-0.1, -0.05) is 58.4 Å². The molecule has 0 aliphatic carbocycles. The Morgan fingerprint density at radius 3 is 2.54 bits per heavy atom. The van der Waals surface area contributed by atoms with E-state index in [0.29, 0.717) is 22.8 Å². The summed E-state index contributed by atoms with van der Waals surface area (Å²) in [6, 6.07) is 20.1. The molecule has 0 radical (unpaired) electrons. The number of carbonyl (C=O) groups is 1. The van der Waals surface area contributed by atoms with Crippen molar-refractivity contribution in [3.05, 3.63) is 80.8 Å². The van der Waals surface area contributed by atoms with E-state index in [9.17, 15) is 10.1 Å². The Bertz CT molecular complexity index is 810. The van der Waals surface area contributed by atoms with Crippen LogP contribution in [0.15, 0.2) is 69.7 Å². The molecule has 0 saturated carbocycles. The van der Waals surface area contributed by atoms with Crippen LogP contribution in [0.5, 0.6) is 0 Å². The third-order valence-corrected chi connectivity index (χ3v) is 5.47. The highest BCUT2D eigenvalue weighted by atomic mass is 79.9. The Balaban J connectivity index is 1.88. The second kappa shape index (κ2) is 7.69. The highest BCUT2D eigenvalue weighted by molar-refractivity contribution is 9.10. The van der Waals surface area contributed by atoms with Gasteiger partial charge in [0, 0.05) is 22.6 Å². The molecule has 0 fully saturated rings. The van der Waals surface area contributed by atoms with Crippen LogP contribution < -0.4 is 5.32 Å². The van der Waals surface area contributed by atoms with E-state index in [-0.39, 0.29) is 11.8 Å². The topological polar surface area (TPSA) is 52.9 Å². The zero-order chi connectivity index (χ0) is 16.9. The highest BCUT2D eigenvalue weighted by Crippen LogP contribution is 2.37. The van der Waals surface area contributed by atoms with E-state index in [1.54, 1.807) is 0 Å². The summed E-state index contributed by atoms with van der Waals surface area (Å²) >= 11 is 4.92. The number of benzene rings is 2. The normalized spacial score (nSPS) is 17.3. The molecule has 1 atom stereocenters. The monoisotopic (exact) mass is 398 g/mol. The van der Waals surface area contributed by atoms with Crippen molar-refractivity contribution in [2.24, 2.45) is 0 Å². The van der Waals surface area contributed by atoms with Crippen molar-refractivity contribution in [3.8, 4) is 6.07 Å². The number of nitrogens with zero attached hydrogens (tertiary/aromatic N) is 1. The molecular formula is C19H15BrN2OS. The highest BCUT2D eigenvalue weighted by Gasteiger charge is 2.29. The SMILES string of the molecule is N#CC1=C(SCc2ccccc2)NC(=O)C[C@@H]1c1ccc(Br)cc1. The fourth-order valence-electron chi connectivity index (χ4n) is 2.64. The third-order valence-electron chi connectivity index (χ3n) is 3.85. The minimum absolute atomic E-state index is 0.0440. The molecule has 2 aromatic carbocycles. The first-order valence-electron chi connectivity index (χ1n) is 7.53. The van der Waals surface area contributed by atoms with Crippen LogP contribution in [0.3, 0.4) is 0 Å². The molecular weight excluding hydrogens is 384 g/mol. The van der Waals surface area contributed by atoms with Crippen molar-refractivity contribution in [2.45, 2.75) is 18.1 Å². The number of halogens is 1. The molecule has 1 heterocycles. The molecule has 1 aliphatic rings. The van der Waals surface area contributed by atoms with E-state index in [2.05, 4.69) is 27.3 Å². The number of allylic oxidation sites excluding steroid dienone is 1. The van der Waals surface area contributed by atoms with Gasteiger partial charge < -0.3 is 5.32 Å². The summed E-state index contributed by atoms with van der Waals surface area (Å²) < 4.78 is 0.979. The van der Waals surface area contributed by atoms with Crippen LogP contribution in [0, 0.1) is 11.3 Å². The van der Waals surface area contributed by atoms with E-state index in [1.165, 1.54) is 11.8 Å². The maximum Gasteiger partial charge on any atom is 0.225 e. The molecule has 1 aliphatic heterocycles. The number of carbonyl (C=O) groups excluding carboxylic acids is 1. The van der Waals surface area contributed by atoms with E-state index >= 15 is 0 Å². The first-order chi connectivity index (χ1) is 11.7. The van der Waals surface area contributed by atoms with Gasteiger partial charge in [0.15, 0.2) is 0 Å². The lowest BCUT2D eigenvalue weighted by atomic mass is 9.87. The van der Waals surface area contributed by atoms with Gasteiger partial charge in [0.1, 0.15) is 0 Å². The molecule has 5 heteroatoms. The number of thioether (sulfide) groups is 1. The summed E-state index contributed by atoms with van der Waals surface area (Å²) in [7, 11) is 0. The van der Waals surface area contributed by atoms with Gasteiger partial charge in [0.05, 0.1) is 16.7 Å². The van der Waals surface area contributed by atoms with Gasteiger partial charge in [-0.05, 0) is 23.3 Å². The van der Waals surface area contributed by atoms with E-state index in [4.69, 9.17) is 0 Å². The lowest BCUT2D eigenvalue weighted by Crippen LogP contribution is -2.30. The van der Waals surface area contributed by atoms with Crippen LogP contribution >= 0.6 is 27.7 Å². The van der Waals surface area contributed by atoms with Crippen molar-refractivity contribution in [1.82, 2.24) is 5.32 Å². The maximum atomic E-state index is 12.1. The lowest BCUT2D eigenvalue weighted by Gasteiger charge is -2.25. The number of amides is 1. The van der Waals surface area contributed by atoms with Gasteiger partial charge in [-0.2, -0.15) is 5.26 Å². The lowest BCUT2D eigenvalue weighted by molar-refractivity contribution is -0.120. The van der Waals surface area contributed by atoms with Gasteiger partial charge in [0.25, 0.3) is 0 Å². The molecule has 0 spiro atoms. The Kier molecular flexibility index (Phi) is 5.39. The number of rotatable bonds is 4. The molecule has 0 bridgehead atoms. The van der Waals surface area contributed by atoms with Crippen molar-refractivity contribution < 1.29 is 4.79 Å². The molecule has 1 amide bonds. The summed E-state index contributed by atoms with van der Waals surface area (Å²) in [5.74, 6) is 0.488. The molecule has 3 nitrogen and oxygen atoms in total. The molecule has 0 saturated heterocycles. The number of hydrogen-bond acceptors (Lipinski definition) is 3. The summed E-state index contributed by atoms with van der Waals surface area (Å²) in [5, 5.41) is 13.2. The first-order valence-corrected chi connectivity index (χ1v) is 9.31. The Morgan fingerprint density at radius 2 is 1.88 bits per heavy atom. The maximum absolute atomic E-state index is 12.1. The summed E-state index contributed by atoms with van der Waals surface area (Å²) in [6.45, 7) is 0. The quantitative estimate of drug-likeness (QED) is 0.810. The Labute approximate surface area is 153 Å². The molecule has 3 rings (SSSR count). The van der Waals surface area contributed by atoms with E-state index < -0.39 is 0 Å². The fraction of sp³-hybridized carbons (Fsp3) is 0.158. The summed E-state index contributed by atoms with van der Waals surface area (Å²) in [5.41, 5.74) is 2.78. The molecule has 1 N–H and O–H groups in total. The van der Waals surface area contributed by atoms with Crippen LogP contribution in [0.25, 0.3) is 0 Å². The van der Waals surface area contributed by atoms with Crippen LogP contribution in [0.2, 0.25) is 0 Å². The van der Waals surface area contributed by atoms with Gasteiger partial charge in [-0.25, -0.2) is 0 Å². The van der Waals surface area contributed by atoms with E-state index in [0.717, 1.165) is 15.6 Å². The summed E-state index contributed by atoms with van der Waals surface area (Å²) in [6.07, 6.45) is 0.305. The predicted octanol–water partition coefficient (Wildman–Crippen LogP) is 4.72. The number of hydrogen-bond donors (Lipinski definition) is 1. The number of nitrogens with one attached hydrogen (secondary N) is 1. The molecule has 2 aromatic rings. The molecule has 24 heavy (non-hydrogen) atoms. The minimum Gasteiger partial charge on any atom is -0.320 e. The van der Waals surface area contributed by atoms with E-state index in [1.807, 2.05) is 54.6 Å². The predicted molar refractivity (Wildman–Crippen MR) is 100 cm³/mol. The Hall–Kier alpha value is -2.03. The largest absolute Gasteiger partial charge is 0.320 e. The third kappa shape index (κ3) is 3.89. The minimum atomic E-state index is -0.185. The Morgan fingerprint density at radius 1 is 1.17 bits per heavy atom. The average molecular weight is 399 g/mol. The van der Waals surface area contributed by atoms with Gasteiger partial charge in [-0.15, -0.1) is 11.8 Å². The van der Waals surface area contributed by atoms with Crippen LogP contribution in [0.1, 0.15) is 23.5 Å². The van der Waals surface area contributed by atoms with Gasteiger partial charge in [-0.3, -0.25) is 4.79 Å². The van der Waals surface area contributed by atoms with Crippen molar-refractivity contribution in [2.75, 3.05) is 0 Å². The van der Waals surface area contributed by atoms with Crippen molar-refractivity contribution in [1.29, 1.82) is 5.26 Å². The van der Waals surface area contributed by atoms with Crippen LogP contribution in [-0.4, -0.2) is 5.91 Å². The molecule has 0 aromatic heterocycles. The zero-order valence-electron chi connectivity index (χ0n) is 12.8. The van der Waals surface area contributed by atoms with Crippen LogP contribution in [0.4, 0.5) is 0 Å². The first kappa shape index (κ1) is 16.8. The zero-order valence-corrected chi connectivity index (χ0v) is 15.2.